The van der Waals surface area contributed by atoms with Crippen molar-refractivity contribution in [3.8, 4) is 0 Å². The highest BCUT2D eigenvalue weighted by atomic mass is 15.0. The molecule has 2 rings (SSSR count). The van der Waals surface area contributed by atoms with Gasteiger partial charge in [0.2, 0.25) is 0 Å². The number of hydrogen-bond acceptors (Lipinski definition) is 3. The highest BCUT2D eigenvalue weighted by molar-refractivity contribution is 5.46. The Morgan fingerprint density at radius 2 is 2.50 bits per heavy atom. The molecule has 0 radical (unpaired) electrons. The lowest BCUT2D eigenvalue weighted by atomic mass is 10.1. The smallest absolute Gasteiger partial charge is 0.130 e. The summed E-state index contributed by atoms with van der Waals surface area (Å²) in [5.74, 6) is 1.05. The Morgan fingerprint density at radius 1 is 1.62 bits per heavy atom. The van der Waals surface area contributed by atoms with Gasteiger partial charge in [0.1, 0.15) is 5.82 Å². The van der Waals surface area contributed by atoms with E-state index in [1.165, 1.54) is 18.4 Å². The summed E-state index contributed by atoms with van der Waals surface area (Å²) in [6.45, 7) is 5.51. The molecule has 0 aliphatic carbocycles. The fourth-order valence-electron chi connectivity index (χ4n) is 2.10. The Bertz CT molecular complexity index is 332. The van der Waals surface area contributed by atoms with Crippen molar-refractivity contribution in [2.75, 3.05) is 11.9 Å². The van der Waals surface area contributed by atoms with Crippen molar-refractivity contribution < 1.29 is 0 Å². The number of rotatable bonds is 4. The summed E-state index contributed by atoms with van der Waals surface area (Å²) < 4.78 is 0. The lowest BCUT2D eigenvalue weighted by molar-refractivity contribution is 0.643. The first-order chi connectivity index (χ1) is 7.81. The van der Waals surface area contributed by atoms with Gasteiger partial charge in [-0.15, -0.1) is 0 Å². The molecule has 16 heavy (non-hydrogen) atoms. The monoisotopic (exact) mass is 219 g/mol. The Hall–Kier alpha value is -1.09. The summed E-state index contributed by atoms with van der Waals surface area (Å²) in [6.07, 6.45) is 5.47. The highest BCUT2D eigenvalue weighted by Gasteiger charge is 2.19. The lowest BCUT2D eigenvalue weighted by Gasteiger charge is -2.19. The molecule has 0 amide bonds. The molecule has 2 heterocycles. The average Bonchev–Trinajstić information content (AvgIpc) is 2.83. The Balaban J connectivity index is 2.16. The van der Waals surface area contributed by atoms with Crippen LogP contribution in [-0.2, 0) is 0 Å². The summed E-state index contributed by atoms with van der Waals surface area (Å²) in [6, 6.07) is 5.17. The number of nitrogens with zero attached hydrogens (tertiary/aromatic N) is 1. The fraction of sp³-hybridized carbons (Fsp3) is 0.615. The van der Waals surface area contributed by atoms with E-state index in [4.69, 9.17) is 0 Å². The van der Waals surface area contributed by atoms with Gasteiger partial charge in [-0.2, -0.15) is 0 Å². The maximum Gasteiger partial charge on any atom is 0.130 e. The van der Waals surface area contributed by atoms with E-state index in [-0.39, 0.29) is 0 Å². The molecule has 3 heteroatoms. The van der Waals surface area contributed by atoms with E-state index in [0.717, 1.165) is 18.8 Å². The van der Waals surface area contributed by atoms with Gasteiger partial charge in [-0.1, -0.05) is 13.0 Å². The van der Waals surface area contributed by atoms with Crippen molar-refractivity contribution in [1.82, 2.24) is 10.3 Å². The summed E-state index contributed by atoms with van der Waals surface area (Å²) in [7, 11) is 0. The van der Waals surface area contributed by atoms with E-state index < -0.39 is 0 Å². The number of aromatic nitrogens is 1. The third kappa shape index (κ3) is 2.53. The molecule has 1 aromatic heterocycles. The van der Waals surface area contributed by atoms with Crippen molar-refractivity contribution in [2.24, 2.45) is 0 Å². The number of pyridine rings is 1. The summed E-state index contributed by atoms with van der Waals surface area (Å²) in [5.41, 5.74) is 1.32. The lowest BCUT2D eigenvalue weighted by Crippen LogP contribution is -2.19. The summed E-state index contributed by atoms with van der Waals surface area (Å²) >= 11 is 0. The fourth-order valence-corrected chi connectivity index (χ4v) is 2.10. The minimum Gasteiger partial charge on any atom is -0.367 e. The molecular weight excluding hydrogens is 198 g/mol. The molecule has 0 aromatic carbocycles. The van der Waals surface area contributed by atoms with Gasteiger partial charge in [0, 0.05) is 23.8 Å². The maximum absolute atomic E-state index is 4.46. The predicted molar refractivity (Wildman–Crippen MR) is 67.6 cm³/mol. The molecule has 0 spiro atoms. The zero-order valence-corrected chi connectivity index (χ0v) is 10.2. The third-order valence-electron chi connectivity index (χ3n) is 3.27. The minimum absolute atomic E-state index is 0.482. The number of hydrogen-bond donors (Lipinski definition) is 2. The molecule has 1 aliphatic heterocycles. The number of anilines is 1. The van der Waals surface area contributed by atoms with Crippen LogP contribution in [0.3, 0.4) is 0 Å². The number of nitrogens with one attached hydrogen (secondary N) is 2. The quantitative estimate of drug-likeness (QED) is 0.817. The summed E-state index contributed by atoms with van der Waals surface area (Å²) in [5, 5.41) is 7.01. The Kier molecular flexibility index (Phi) is 3.78. The van der Waals surface area contributed by atoms with Crippen LogP contribution in [0.15, 0.2) is 18.3 Å². The molecule has 2 atom stereocenters. The first-order valence-corrected chi connectivity index (χ1v) is 6.26. The second kappa shape index (κ2) is 5.30. The Morgan fingerprint density at radius 3 is 3.19 bits per heavy atom. The van der Waals surface area contributed by atoms with E-state index in [2.05, 4.69) is 35.5 Å². The standard InChI is InChI=1S/C13H21N3/c1-3-10(2)16-13-11(6-4-9-15-13)12-7-5-8-14-12/h4,6,9-10,12,14H,3,5,7-8H2,1-2H3,(H,15,16)/t10-,12-/m1/s1. The average molecular weight is 219 g/mol. The molecule has 1 fully saturated rings. The van der Waals surface area contributed by atoms with E-state index >= 15 is 0 Å². The molecule has 0 unspecified atom stereocenters. The van der Waals surface area contributed by atoms with E-state index in [9.17, 15) is 0 Å². The molecular formula is C13H21N3. The molecule has 0 bridgehead atoms. The molecule has 1 aromatic rings. The van der Waals surface area contributed by atoms with E-state index in [0.29, 0.717) is 12.1 Å². The van der Waals surface area contributed by atoms with Gasteiger partial charge in [-0.3, -0.25) is 0 Å². The van der Waals surface area contributed by atoms with Crippen molar-refractivity contribution in [2.45, 2.75) is 45.2 Å². The molecule has 3 nitrogen and oxygen atoms in total. The summed E-state index contributed by atoms with van der Waals surface area (Å²) in [4.78, 5) is 4.46. The van der Waals surface area contributed by atoms with Crippen LogP contribution in [-0.4, -0.2) is 17.6 Å². The van der Waals surface area contributed by atoms with Gasteiger partial charge in [0.15, 0.2) is 0 Å². The van der Waals surface area contributed by atoms with Gasteiger partial charge in [-0.25, -0.2) is 4.98 Å². The van der Waals surface area contributed by atoms with Crippen LogP contribution in [0.25, 0.3) is 0 Å². The van der Waals surface area contributed by atoms with E-state index in [1.54, 1.807) is 0 Å². The van der Waals surface area contributed by atoms with Gasteiger partial charge < -0.3 is 10.6 Å². The molecule has 2 N–H and O–H groups in total. The third-order valence-corrected chi connectivity index (χ3v) is 3.27. The van der Waals surface area contributed by atoms with Gasteiger partial charge >= 0.3 is 0 Å². The largest absolute Gasteiger partial charge is 0.367 e. The minimum atomic E-state index is 0.482. The van der Waals surface area contributed by atoms with Crippen molar-refractivity contribution in [3.05, 3.63) is 23.9 Å². The zero-order chi connectivity index (χ0) is 11.4. The molecule has 88 valence electrons. The highest BCUT2D eigenvalue weighted by Crippen LogP contribution is 2.27. The van der Waals surface area contributed by atoms with E-state index in [1.807, 2.05) is 12.3 Å². The van der Waals surface area contributed by atoms with Crippen LogP contribution >= 0.6 is 0 Å². The van der Waals surface area contributed by atoms with Crippen LogP contribution in [0, 0.1) is 0 Å². The van der Waals surface area contributed by atoms with Crippen molar-refractivity contribution in [1.29, 1.82) is 0 Å². The first-order valence-electron chi connectivity index (χ1n) is 6.26. The molecule has 1 aliphatic rings. The SMILES string of the molecule is CC[C@@H](C)Nc1ncccc1[C@H]1CCCN1. The van der Waals surface area contributed by atoms with Crippen LogP contribution in [0.2, 0.25) is 0 Å². The normalized spacial score (nSPS) is 22.0. The van der Waals surface area contributed by atoms with Crippen LogP contribution in [0.1, 0.15) is 44.7 Å². The van der Waals surface area contributed by atoms with Gasteiger partial charge in [0.05, 0.1) is 0 Å². The van der Waals surface area contributed by atoms with Crippen molar-refractivity contribution in [3.63, 3.8) is 0 Å². The first kappa shape index (κ1) is 11.4. The second-order valence-corrected chi connectivity index (χ2v) is 4.54. The predicted octanol–water partition coefficient (Wildman–Crippen LogP) is 2.72. The molecule has 1 saturated heterocycles. The Labute approximate surface area is 97.7 Å². The van der Waals surface area contributed by atoms with Gasteiger partial charge in [0.25, 0.3) is 0 Å². The van der Waals surface area contributed by atoms with Gasteiger partial charge in [-0.05, 0) is 38.8 Å². The van der Waals surface area contributed by atoms with Crippen molar-refractivity contribution >= 4 is 5.82 Å². The second-order valence-electron chi connectivity index (χ2n) is 4.54. The topological polar surface area (TPSA) is 37.0 Å². The van der Waals surface area contributed by atoms with Crippen LogP contribution in [0.5, 0.6) is 0 Å². The maximum atomic E-state index is 4.46. The van der Waals surface area contributed by atoms with Crippen LogP contribution in [0.4, 0.5) is 5.82 Å². The zero-order valence-electron chi connectivity index (χ0n) is 10.2. The van der Waals surface area contributed by atoms with Crippen LogP contribution < -0.4 is 10.6 Å². The molecule has 0 saturated carbocycles.